The summed E-state index contributed by atoms with van der Waals surface area (Å²) in [5.74, 6) is 0.898. The zero-order valence-corrected chi connectivity index (χ0v) is 16.1. The molecule has 1 aromatic heterocycles. The van der Waals surface area contributed by atoms with Crippen molar-refractivity contribution in [2.45, 2.75) is 31.5 Å². The number of hydrogen-bond donors (Lipinski definition) is 1. The van der Waals surface area contributed by atoms with Crippen LogP contribution in [0.5, 0.6) is 11.5 Å². The monoisotopic (exact) mass is 409 g/mol. The molecule has 3 rings (SSSR count). The summed E-state index contributed by atoms with van der Waals surface area (Å²) in [4.78, 5) is 12.0. The molecule has 0 aliphatic heterocycles. The van der Waals surface area contributed by atoms with Gasteiger partial charge >= 0.3 is 6.18 Å². The topological polar surface area (TPSA) is 65.4 Å². The summed E-state index contributed by atoms with van der Waals surface area (Å²) >= 11 is 0. The van der Waals surface area contributed by atoms with Crippen LogP contribution in [0.15, 0.2) is 30.3 Å². The number of alkyl halides is 3. The molecule has 0 radical (unpaired) electrons. The van der Waals surface area contributed by atoms with Crippen molar-refractivity contribution < 1.29 is 27.4 Å². The fraction of sp³-hybridized carbons (Fsp3) is 0.400. The normalized spacial score (nSPS) is 14.2. The van der Waals surface area contributed by atoms with Crippen LogP contribution in [0, 0.1) is 0 Å². The van der Waals surface area contributed by atoms with Crippen LogP contribution in [-0.4, -0.2) is 36.5 Å². The van der Waals surface area contributed by atoms with E-state index in [1.54, 1.807) is 24.3 Å². The van der Waals surface area contributed by atoms with Gasteiger partial charge in [0.2, 0.25) is 5.91 Å². The molecule has 1 aliphatic carbocycles. The average Bonchev–Trinajstić information content (AvgIpc) is 3.44. The van der Waals surface area contributed by atoms with E-state index in [-0.39, 0.29) is 24.9 Å². The first kappa shape index (κ1) is 20.8. The highest BCUT2D eigenvalue weighted by Crippen LogP contribution is 2.42. The Morgan fingerprint density at radius 1 is 1.24 bits per heavy atom. The summed E-state index contributed by atoms with van der Waals surface area (Å²) in [6.45, 7) is 0.353. The van der Waals surface area contributed by atoms with E-state index in [1.807, 2.05) is 0 Å². The Morgan fingerprint density at radius 2 is 1.97 bits per heavy atom. The third-order valence-electron chi connectivity index (χ3n) is 4.55. The molecule has 0 saturated heterocycles. The van der Waals surface area contributed by atoms with Crippen molar-refractivity contribution in [1.82, 2.24) is 15.1 Å². The fourth-order valence-corrected chi connectivity index (χ4v) is 2.93. The van der Waals surface area contributed by atoms with Gasteiger partial charge in [0.25, 0.3) is 0 Å². The Morgan fingerprint density at radius 3 is 2.59 bits per heavy atom. The largest absolute Gasteiger partial charge is 0.493 e. The van der Waals surface area contributed by atoms with Gasteiger partial charge in [0.15, 0.2) is 17.2 Å². The highest BCUT2D eigenvalue weighted by atomic mass is 19.4. The van der Waals surface area contributed by atoms with Crippen LogP contribution in [0.2, 0.25) is 0 Å². The third-order valence-corrected chi connectivity index (χ3v) is 4.55. The number of carbonyl (C=O) groups excluding carboxylic acids is 1. The number of hydrogen-bond acceptors (Lipinski definition) is 4. The van der Waals surface area contributed by atoms with Crippen molar-refractivity contribution in [1.29, 1.82) is 0 Å². The van der Waals surface area contributed by atoms with Gasteiger partial charge in [0, 0.05) is 24.2 Å². The molecule has 1 aromatic carbocycles. The number of carbonyl (C=O) groups is 1. The predicted octanol–water partition coefficient (Wildman–Crippen LogP) is 3.63. The lowest BCUT2D eigenvalue weighted by atomic mass is 10.2. The van der Waals surface area contributed by atoms with Gasteiger partial charge in [-0.1, -0.05) is 6.07 Å². The predicted molar refractivity (Wildman–Crippen MR) is 101 cm³/mol. The second-order valence-corrected chi connectivity index (χ2v) is 6.69. The van der Waals surface area contributed by atoms with E-state index >= 15 is 0 Å². The van der Waals surface area contributed by atoms with Crippen molar-refractivity contribution >= 4 is 12.0 Å². The van der Waals surface area contributed by atoms with Crippen LogP contribution in [0.25, 0.3) is 6.08 Å². The number of aromatic nitrogens is 2. The lowest BCUT2D eigenvalue weighted by Gasteiger charge is -2.08. The highest BCUT2D eigenvalue weighted by molar-refractivity contribution is 5.91. The fourth-order valence-electron chi connectivity index (χ4n) is 2.93. The molecule has 6 nitrogen and oxygen atoms in total. The summed E-state index contributed by atoms with van der Waals surface area (Å²) in [6.07, 6.45) is 0.225. The standard InChI is InChI=1S/C20H22F3N3O3/c1-28-16-7-3-13(11-17(16)29-2)4-8-19(27)24-9-10-26-15(14-5-6-14)12-18(25-26)20(21,22)23/h3-4,7-8,11-12,14H,5-6,9-10H2,1-2H3,(H,24,27)/b8-4+. The van der Waals surface area contributed by atoms with Crippen molar-refractivity contribution in [3.05, 3.63) is 47.3 Å². The van der Waals surface area contributed by atoms with Crippen molar-refractivity contribution in [2.75, 3.05) is 20.8 Å². The molecule has 1 aliphatic rings. The van der Waals surface area contributed by atoms with Crippen LogP contribution in [0.4, 0.5) is 13.2 Å². The van der Waals surface area contributed by atoms with E-state index in [9.17, 15) is 18.0 Å². The number of halogens is 3. The molecule has 0 atom stereocenters. The number of nitrogens with zero attached hydrogens (tertiary/aromatic N) is 2. The maximum Gasteiger partial charge on any atom is 0.435 e. The van der Waals surface area contributed by atoms with Gasteiger partial charge in [0.05, 0.1) is 20.8 Å². The van der Waals surface area contributed by atoms with Crippen LogP contribution < -0.4 is 14.8 Å². The smallest absolute Gasteiger partial charge is 0.435 e. The number of methoxy groups -OCH3 is 2. The molecule has 0 unspecified atom stereocenters. The molecule has 0 spiro atoms. The molecular weight excluding hydrogens is 387 g/mol. The summed E-state index contributed by atoms with van der Waals surface area (Å²) in [7, 11) is 3.06. The number of amides is 1. The zero-order valence-electron chi connectivity index (χ0n) is 16.1. The first-order valence-corrected chi connectivity index (χ1v) is 9.14. The third kappa shape index (κ3) is 5.30. The number of benzene rings is 1. The molecule has 1 amide bonds. The van der Waals surface area contributed by atoms with Gasteiger partial charge < -0.3 is 14.8 Å². The Hall–Kier alpha value is -2.97. The minimum atomic E-state index is -4.47. The number of rotatable bonds is 8. The zero-order chi connectivity index (χ0) is 21.0. The van der Waals surface area contributed by atoms with Gasteiger partial charge in [0.1, 0.15) is 0 Å². The second kappa shape index (κ2) is 8.59. The van der Waals surface area contributed by atoms with Gasteiger partial charge in [-0.2, -0.15) is 18.3 Å². The SMILES string of the molecule is COc1ccc(/C=C/C(=O)NCCn2nc(C(F)(F)F)cc2C2CC2)cc1OC. The Balaban J connectivity index is 1.56. The number of ether oxygens (including phenoxy) is 2. The lowest BCUT2D eigenvalue weighted by molar-refractivity contribution is -0.141. The highest BCUT2D eigenvalue weighted by Gasteiger charge is 2.37. The van der Waals surface area contributed by atoms with Crippen LogP contribution in [-0.2, 0) is 17.5 Å². The molecule has 1 saturated carbocycles. The summed E-state index contributed by atoms with van der Waals surface area (Å²) in [6, 6.07) is 6.34. The van der Waals surface area contributed by atoms with Crippen LogP contribution in [0.1, 0.15) is 35.7 Å². The van der Waals surface area contributed by atoms with Crippen molar-refractivity contribution in [3.63, 3.8) is 0 Å². The van der Waals surface area contributed by atoms with Crippen molar-refractivity contribution in [2.24, 2.45) is 0 Å². The first-order chi connectivity index (χ1) is 13.8. The first-order valence-electron chi connectivity index (χ1n) is 9.14. The van der Waals surface area contributed by atoms with Gasteiger partial charge in [-0.15, -0.1) is 0 Å². The molecule has 1 heterocycles. The van der Waals surface area contributed by atoms with Gasteiger partial charge in [-0.05, 0) is 42.7 Å². The van der Waals surface area contributed by atoms with E-state index in [0.717, 1.165) is 24.5 Å². The lowest BCUT2D eigenvalue weighted by Crippen LogP contribution is -2.26. The Labute approximate surface area is 166 Å². The Bertz CT molecular complexity index is 902. The molecule has 0 bridgehead atoms. The molecule has 2 aromatic rings. The van der Waals surface area contributed by atoms with E-state index in [2.05, 4.69) is 10.4 Å². The second-order valence-electron chi connectivity index (χ2n) is 6.69. The van der Waals surface area contributed by atoms with E-state index in [0.29, 0.717) is 17.2 Å². The van der Waals surface area contributed by atoms with E-state index in [1.165, 1.54) is 25.0 Å². The molecule has 1 N–H and O–H groups in total. The van der Waals surface area contributed by atoms with Crippen LogP contribution in [0.3, 0.4) is 0 Å². The maximum atomic E-state index is 12.9. The number of nitrogens with one attached hydrogen (secondary N) is 1. The minimum Gasteiger partial charge on any atom is -0.493 e. The quantitative estimate of drug-likeness (QED) is 0.677. The van der Waals surface area contributed by atoms with E-state index in [4.69, 9.17) is 9.47 Å². The van der Waals surface area contributed by atoms with Crippen LogP contribution >= 0.6 is 0 Å². The van der Waals surface area contributed by atoms with E-state index < -0.39 is 11.9 Å². The summed E-state index contributed by atoms with van der Waals surface area (Å²) < 4.78 is 50.4. The van der Waals surface area contributed by atoms with Gasteiger partial charge in [-0.25, -0.2) is 0 Å². The summed E-state index contributed by atoms with van der Waals surface area (Å²) in [5, 5.41) is 6.33. The molecule has 156 valence electrons. The van der Waals surface area contributed by atoms with Gasteiger partial charge in [-0.3, -0.25) is 9.48 Å². The molecule has 1 fully saturated rings. The molecule has 29 heavy (non-hydrogen) atoms. The average molecular weight is 409 g/mol. The molecular formula is C20H22F3N3O3. The summed E-state index contributed by atoms with van der Waals surface area (Å²) in [5.41, 5.74) is 0.433. The van der Waals surface area contributed by atoms with Crippen molar-refractivity contribution in [3.8, 4) is 11.5 Å². The maximum absolute atomic E-state index is 12.9. The minimum absolute atomic E-state index is 0.124. The molecule has 9 heteroatoms. The Kier molecular flexibility index (Phi) is 6.14.